The lowest BCUT2D eigenvalue weighted by Gasteiger charge is -2.16. The third-order valence-electron chi connectivity index (χ3n) is 19.1. The van der Waals surface area contributed by atoms with Gasteiger partial charge in [-0.1, -0.05) is 115 Å². The van der Waals surface area contributed by atoms with Crippen LogP contribution >= 0.6 is 0 Å². The van der Waals surface area contributed by atoms with E-state index in [0.29, 0.717) is 88.7 Å². The van der Waals surface area contributed by atoms with Gasteiger partial charge in [0.1, 0.15) is 23.2 Å². The zero-order valence-electron chi connectivity index (χ0n) is 72.4. The van der Waals surface area contributed by atoms with Gasteiger partial charge in [-0.25, -0.2) is 13.2 Å². The van der Waals surface area contributed by atoms with E-state index in [9.17, 15) is 39.5 Å². The van der Waals surface area contributed by atoms with E-state index >= 15 is 0 Å². The number of methoxy groups -OCH3 is 2. The molecule has 0 atom stereocenters. The normalized spacial score (nSPS) is 14.7. The Morgan fingerprint density at radius 2 is 0.702 bits per heavy atom. The molecule has 21 nitrogen and oxygen atoms in total. The minimum absolute atomic E-state index is 0.223. The van der Waals surface area contributed by atoms with Gasteiger partial charge in [-0.15, -0.1) is 0 Å². The molecule has 30 heteroatoms. The first-order valence-electron chi connectivity index (χ1n) is 40.9. The van der Waals surface area contributed by atoms with Crippen LogP contribution in [0.25, 0.3) is 36.5 Å². The monoisotopic (exact) mass is 1720 g/mol. The first-order valence-corrected chi connectivity index (χ1v) is 40.9. The molecule has 0 bridgehead atoms. The minimum Gasteiger partial charge on any atom is -0.497 e. The second kappa shape index (κ2) is 55.6. The number of likely N-dealkylation sites (N-methyl/N-ethyl adjacent to an activating group) is 6. The van der Waals surface area contributed by atoms with Gasteiger partial charge in [0.05, 0.1) is 98.0 Å². The van der Waals surface area contributed by atoms with E-state index < -0.39 is 35.1 Å². The third-order valence-corrected chi connectivity index (χ3v) is 19.1. The molecule has 5 aliphatic rings. The predicted molar refractivity (Wildman–Crippen MR) is 493 cm³/mol. The fourth-order valence-electron chi connectivity index (χ4n) is 12.7. The maximum absolute atomic E-state index is 13.1. The van der Waals surface area contributed by atoms with Gasteiger partial charge in [-0.2, -0.15) is 31.4 Å². The van der Waals surface area contributed by atoms with Gasteiger partial charge in [0.25, 0.3) is 0 Å². The van der Waals surface area contributed by atoms with Crippen LogP contribution in [0.4, 0.5) is 39.5 Å². The Bertz CT molecular complexity index is 4770. The van der Waals surface area contributed by atoms with E-state index in [4.69, 9.17) is 43.9 Å². The van der Waals surface area contributed by atoms with Gasteiger partial charge >= 0.3 is 12.4 Å². The molecule has 0 amide bonds. The van der Waals surface area contributed by atoms with Gasteiger partial charge in [-0.3, -0.25) is 30.1 Å². The predicted octanol–water partition coefficient (Wildman–Crippen LogP) is 12.8. The second-order valence-electron chi connectivity index (χ2n) is 29.5. The van der Waals surface area contributed by atoms with Crippen molar-refractivity contribution in [2.24, 2.45) is 59.4 Å². The Kier molecular flexibility index (Phi) is 45.9. The summed E-state index contributed by atoms with van der Waals surface area (Å²) in [6.45, 7) is 17.6. The molecule has 0 spiro atoms. The number of H-pyrrole nitrogens is 1. The molecule has 0 saturated carbocycles. The SMILES string of the molecule is CN(CCN)CC1=CCN=C1/C=C/c1cc(F)cc(F)c1.CN(CCN)CC1=CCN=C1/C=C/c1ccc(C(F)(F)F)cc1.CN(CCN)CC1=CCN=C1/C=C/c1cccc(C(F)(F)F)c1.CN(CCN)CC1=CCN=C1/C=C/c1cccc(F)c1.COC/C=C/c1[nH]ncc1CN(C)CCN.COc1cccc(/C=C/C2=NCC=C2CN(C)CCN)c1. The van der Waals surface area contributed by atoms with Crippen LogP contribution in [0.2, 0.25) is 0 Å². The average Bonchev–Trinajstić information content (AvgIpc) is 1.31. The highest BCUT2D eigenvalue weighted by atomic mass is 19.4. The van der Waals surface area contributed by atoms with E-state index in [-0.39, 0.29) is 5.82 Å². The number of hydrogen-bond acceptors (Lipinski definition) is 20. The molecule has 0 aliphatic carbocycles. The Labute approximate surface area is 725 Å². The third kappa shape index (κ3) is 38.7. The van der Waals surface area contributed by atoms with E-state index in [1.165, 1.54) is 59.2 Å². The second-order valence-corrected chi connectivity index (χ2v) is 29.5. The summed E-state index contributed by atoms with van der Waals surface area (Å²) in [6.07, 6.45) is 26.1. The molecule has 5 aromatic carbocycles. The van der Waals surface area contributed by atoms with E-state index in [1.54, 1.807) is 56.7 Å². The molecule has 0 unspecified atom stereocenters. The summed E-state index contributed by atoms with van der Waals surface area (Å²) in [5, 5.41) is 7.00. The van der Waals surface area contributed by atoms with Crippen LogP contribution in [0, 0.1) is 17.5 Å². The quantitative estimate of drug-likeness (QED) is 0.0177. The lowest BCUT2D eigenvalue weighted by Crippen LogP contribution is -2.28. The van der Waals surface area contributed by atoms with Gasteiger partial charge in [0.15, 0.2) is 0 Å². The summed E-state index contributed by atoms with van der Waals surface area (Å²) in [4.78, 5) is 35.0. The van der Waals surface area contributed by atoms with Crippen molar-refractivity contribution in [3.8, 4) is 5.75 Å². The fraction of sp³-hybridized carbons (Fsp3) is 0.362. The molecular weight excluding hydrogens is 1600 g/mol. The number of benzene rings is 5. The number of rotatable bonds is 38. The van der Waals surface area contributed by atoms with Crippen molar-refractivity contribution in [3.05, 3.63) is 284 Å². The maximum Gasteiger partial charge on any atom is 0.416 e. The van der Waals surface area contributed by atoms with Crippen molar-refractivity contribution < 1.29 is 49.0 Å². The first-order chi connectivity index (χ1) is 59.6. The summed E-state index contributed by atoms with van der Waals surface area (Å²) in [5.74, 6) is -0.522. The minimum atomic E-state index is -4.33. The molecule has 0 radical (unpaired) electrons. The summed E-state index contributed by atoms with van der Waals surface area (Å²) in [7, 11) is 15.5. The number of aliphatic imine (C=N–C) groups is 5. The van der Waals surface area contributed by atoms with Crippen molar-refractivity contribution in [1.29, 1.82) is 0 Å². The first kappa shape index (κ1) is 102. The molecule has 6 heterocycles. The number of allylic oxidation sites excluding steroid dienone is 5. The van der Waals surface area contributed by atoms with Gasteiger partial charge in [0, 0.05) is 137 Å². The molecule has 5 aliphatic heterocycles. The highest BCUT2D eigenvalue weighted by Crippen LogP contribution is 2.31. The van der Waals surface area contributed by atoms with Crippen LogP contribution in [-0.4, -0.2) is 275 Å². The van der Waals surface area contributed by atoms with Crippen molar-refractivity contribution >= 4 is 65.0 Å². The number of nitrogens with one attached hydrogen (secondary N) is 1. The maximum atomic E-state index is 13.1. The molecular formula is C94H122F9N19O2. The Hall–Kier alpha value is -10.6. The standard InChI is InChI=1S/2C17H20F3N3.C17H23N3O.C16H19F2N3.C16H20FN3.C11H20N4O/c1-23(11-9-21)12-14-8-10-22-16(14)7-4-13-2-5-15(6-3-13)17(18,19)20;1-23(10-8-21)12-14-7-9-22-16(14)6-5-13-3-2-4-15(11-13)17(18,19)20;1-20(11-9-18)13-15-8-10-19-17(15)7-6-14-4-3-5-16(12-14)21-2;1-21(7-5-19)11-13-4-6-20-16(13)3-2-12-8-14(17)10-15(18)9-12;1-20(10-8-18)12-14-7-9-19-16(14)6-5-13-3-2-4-15(17)11-13;1-15(6-5-12)9-10-8-13-14-11(10)4-3-7-16-2/h2-8H,9-12,21H2,1H3;2-7,11H,8-10,12,21H2,1H3;3-8,12H,9-11,13,18H2,1-2H3;2-4,8-10H,5-7,11,19H2,1H3;2-7,11H,8-10,12,18H2,1H3;3-4,8H,5-7,9,12H2,1-2H3,(H,13,14)/b7-4+;6-5+;7-6+;3-2+;6-5+;4-3+. The highest BCUT2D eigenvalue weighted by molar-refractivity contribution is 6.14. The molecule has 13 N–H and O–H groups in total. The summed E-state index contributed by atoms with van der Waals surface area (Å²) in [5.41, 5.74) is 48.1. The largest absolute Gasteiger partial charge is 0.497 e. The Morgan fingerprint density at radius 1 is 0.363 bits per heavy atom. The molecule has 6 aromatic rings. The van der Waals surface area contributed by atoms with Crippen molar-refractivity contribution in [3.63, 3.8) is 0 Å². The molecule has 0 saturated heterocycles. The van der Waals surface area contributed by atoms with Crippen molar-refractivity contribution in [1.82, 2.24) is 39.6 Å². The molecule has 124 heavy (non-hydrogen) atoms. The smallest absolute Gasteiger partial charge is 0.416 e. The zero-order valence-corrected chi connectivity index (χ0v) is 72.4. The number of aromatic amines is 1. The number of aromatic nitrogens is 2. The number of ether oxygens (including phenoxy) is 2. The highest BCUT2D eigenvalue weighted by Gasteiger charge is 2.31. The van der Waals surface area contributed by atoms with Crippen molar-refractivity contribution in [2.45, 2.75) is 18.9 Å². The van der Waals surface area contributed by atoms with Crippen LogP contribution in [0.5, 0.6) is 5.75 Å². The Balaban J connectivity index is 0.000000231. The molecule has 11 rings (SSSR count). The Morgan fingerprint density at radius 3 is 1.06 bits per heavy atom. The summed E-state index contributed by atoms with van der Waals surface area (Å²) < 4.78 is 125. The zero-order chi connectivity index (χ0) is 90.2. The van der Waals surface area contributed by atoms with Crippen molar-refractivity contribution in [2.75, 3.05) is 207 Å². The van der Waals surface area contributed by atoms with E-state index in [1.807, 2.05) is 102 Å². The van der Waals surface area contributed by atoms with Gasteiger partial charge in [-0.05, 0) is 195 Å². The topological polar surface area (TPSA) is 284 Å². The molecule has 0 fully saturated rings. The van der Waals surface area contributed by atoms with Crippen LogP contribution in [0.15, 0.2) is 241 Å². The fourth-order valence-corrected chi connectivity index (χ4v) is 12.7. The summed E-state index contributed by atoms with van der Waals surface area (Å²) in [6, 6.07) is 28.3. The summed E-state index contributed by atoms with van der Waals surface area (Å²) >= 11 is 0. The van der Waals surface area contributed by atoms with Gasteiger partial charge in [0.2, 0.25) is 0 Å². The number of hydrogen-bond donors (Lipinski definition) is 7. The van der Waals surface area contributed by atoms with E-state index in [0.717, 1.165) is 183 Å². The molecule has 668 valence electrons. The average molecular weight is 1720 g/mol. The van der Waals surface area contributed by atoms with Crippen LogP contribution in [0.1, 0.15) is 50.2 Å². The van der Waals surface area contributed by atoms with Crippen LogP contribution in [0.3, 0.4) is 0 Å². The number of alkyl halides is 6. The number of nitrogens with zero attached hydrogens (tertiary/aromatic N) is 12. The van der Waals surface area contributed by atoms with Gasteiger partial charge < -0.3 is 73.3 Å². The van der Waals surface area contributed by atoms with E-state index in [2.05, 4.69) is 114 Å². The lowest BCUT2D eigenvalue weighted by atomic mass is 10.1. The number of halogens is 9. The van der Waals surface area contributed by atoms with Crippen LogP contribution in [-0.2, 0) is 23.6 Å². The lowest BCUT2D eigenvalue weighted by molar-refractivity contribution is -0.138. The van der Waals surface area contributed by atoms with Crippen LogP contribution < -0.4 is 39.1 Å². The molecule has 1 aromatic heterocycles. The number of nitrogens with two attached hydrogens (primary N) is 6.